The van der Waals surface area contributed by atoms with Gasteiger partial charge in [-0.05, 0) is 30.5 Å². The Morgan fingerprint density at radius 2 is 2.25 bits per heavy atom. The molecule has 0 aliphatic carbocycles. The molecule has 1 aromatic carbocycles. The molecule has 4 heteroatoms. The van der Waals surface area contributed by atoms with Crippen molar-refractivity contribution in [2.24, 2.45) is 5.92 Å². The number of carbonyl (C=O) groups is 1. The van der Waals surface area contributed by atoms with E-state index in [0.717, 1.165) is 5.56 Å². The van der Waals surface area contributed by atoms with Crippen LogP contribution in [0.5, 0.6) is 0 Å². The van der Waals surface area contributed by atoms with Gasteiger partial charge in [0.25, 0.3) is 0 Å². The van der Waals surface area contributed by atoms with Gasteiger partial charge in [-0.1, -0.05) is 24.6 Å². The number of methoxy groups -OCH3 is 1. The van der Waals surface area contributed by atoms with Gasteiger partial charge in [0.2, 0.25) is 0 Å². The zero-order valence-electron chi connectivity index (χ0n) is 9.30. The fraction of sp³-hybridized carbons (Fsp3) is 0.417. The summed E-state index contributed by atoms with van der Waals surface area (Å²) in [6.07, 6.45) is 1.20. The molecule has 0 aliphatic rings. The highest BCUT2D eigenvalue weighted by Gasteiger charge is 2.17. The first-order valence-electron chi connectivity index (χ1n) is 5.10. The third-order valence-corrected chi connectivity index (χ3v) is 2.78. The first kappa shape index (κ1) is 13.0. The van der Waals surface area contributed by atoms with E-state index in [1.165, 1.54) is 13.2 Å². The molecule has 0 spiro atoms. The minimum Gasteiger partial charge on any atom is -0.469 e. The molecule has 0 saturated heterocycles. The van der Waals surface area contributed by atoms with E-state index in [4.69, 9.17) is 11.6 Å². The zero-order valence-corrected chi connectivity index (χ0v) is 10.1. The lowest BCUT2D eigenvalue weighted by Crippen LogP contribution is -2.17. The fourth-order valence-corrected chi connectivity index (χ4v) is 1.72. The number of rotatable bonds is 4. The van der Waals surface area contributed by atoms with Gasteiger partial charge in [0.05, 0.1) is 18.1 Å². The molecule has 0 aromatic heterocycles. The highest BCUT2D eigenvalue weighted by molar-refractivity contribution is 6.30. The van der Waals surface area contributed by atoms with E-state index in [-0.39, 0.29) is 16.9 Å². The Hall–Kier alpha value is -1.09. The maximum atomic E-state index is 12.9. The van der Waals surface area contributed by atoms with E-state index in [2.05, 4.69) is 4.74 Å². The Morgan fingerprint density at radius 1 is 1.56 bits per heavy atom. The number of halogens is 2. The summed E-state index contributed by atoms with van der Waals surface area (Å²) in [7, 11) is 1.36. The van der Waals surface area contributed by atoms with Crippen molar-refractivity contribution in [2.75, 3.05) is 7.11 Å². The zero-order chi connectivity index (χ0) is 12.1. The van der Waals surface area contributed by atoms with E-state index in [9.17, 15) is 9.18 Å². The molecule has 0 aliphatic heterocycles. The molecule has 0 saturated carbocycles. The molecule has 1 rings (SSSR count). The van der Waals surface area contributed by atoms with Gasteiger partial charge in [-0.2, -0.15) is 0 Å². The van der Waals surface area contributed by atoms with Crippen LogP contribution in [0, 0.1) is 11.7 Å². The molecule has 0 fully saturated rings. The summed E-state index contributed by atoms with van der Waals surface area (Å²) in [5, 5.41) is 0.0808. The summed E-state index contributed by atoms with van der Waals surface area (Å²) in [6, 6.07) is 4.48. The van der Waals surface area contributed by atoms with Gasteiger partial charge in [-0.15, -0.1) is 0 Å². The maximum Gasteiger partial charge on any atom is 0.308 e. The smallest absolute Gasteiger partial charge is 0.308 e. The lowest BCUT2D eigenvalue weighted by Gasteiger charge is -2.12. The quantitative estimate of drug-likeness (QED) is 0.761. The monoisotopic (exact) mass is 244 g/mol. The number of benzene rings is 1. The molecule has 1 aromatic rings. The van der Waals surface area contributed by atoms with Crippen molar-refractivity contribution in [1.82, 2.24) is 0 Å². The van der Waals surface area contributed by atoms with Crippen LogP contribution in [0.25, 0.3) is 0 Å². The van der Waals surface area contributed by atoms with Crippen molar-refractivity contribution >= 4 is 17.6 Å². The van der Waals surface area contributed by atoms with Gasteiger partial charge in [0, 0.05) is 0 Å². The van der Waals surface area contributed by atoms with Crippen molar-refractivity contribution < 1.29 is 13.9 Å². The van der Waals surface area contributed by atoms with Crippen LogP contribution < -0.4 is 0 Å². The largest absolute Gasteiger partial charge is 0.469 e. The Morgan fingerprint density at radius 3 is 2.75 bits per heavy atom. The number of ether oxygens (including phenoxy) is 1. The van der Waals surface area contributed by atoms with Crippen LogP contribution in [0.1, 0.15) is 18.9 Å². The van der Waals surface area contributed by atoms with E-state index in [1.54, 1.807) is 12.1 Å². The van der Waals surface area contributed by atoms with Crippen molar-refractivity contribution in [3.05, 3.63) is 34.6 Å². The summed E-state index contributed by atoms with van der Waals surface area (Å²) < 4.78 is 17.6. The van der Waals surface area contributed by atoms with Crippen LogP contribution in [0.2, 0.25) is 5.02 Å². The molecular weight excluding hydrogens is 231 g/mol. The number of hydrogen-bond acceptors (Lipinski definition) is 2. The molecule has 0 N–H and O–H groups in total. The van der Waals surface area contributed by atoms with Crippen molar-refractivity contribution in [3.8, 4) is 0 Å². The van der Waals surface area contributed by atoms with Crippen molar-refractivity contribution in [3.63, 3.8) is 0 Å². The molecule has 1 unspecified atom stereocenters. The Labute approximate surface area is 99.4 Å². The van der Waals surface area contributed by atoms with Crippen LogP contribution in [0.4, 0.5) is 4.39 Å². The normalized spacial score (nSPS) is 12.2. The summed E-state index contributed by atoms with van der Waals surface area (Å²) in [4.78, 5) is 11.4. The Bertz CT molecular complexity index is 379. The molecule has 0 bridgehead atoms. The van der Waals surface area contributed by atoms with E-state index < -0.39 is 5.82 Å². The lowest BCUT2D eigenvalue weighted by molar-refractivity contribution is -0.145. The third kappa shape index (κ3) is 3.20. The van der Waals surface area contributed by atoms with Gasteiger partial charge in [0.1, 0.15) is 5.82 Å². The van der Waals surface area contributed by atoms with Gasteiger partial charge >= 0.3 is 5.97 Å². The Balaban J connectivity index is 2.78. The van der Waals surface area contributed by atoms with Gasteiger partial charge in [0.15, 0.2) is 0 Å². The average molecular weight is 245 g/mol. The number of hydrogen-bond donors (Lipinski definition) is 0. The predicted octanol–water partition coefficient (Wildman–Crippen LogP) is 3.22. The van der Waals surface area contributed by atoms with Gasteiger partial charge in [-0.25, -0.2) is 4.39 Å². The van der Waals surface area contributed by atoms with E-state index in [1.807, 2.05) is 6.92 Å². The lowest BCUT2D eigenvalue weighted by atomic mass is 9.97. The minimum atomic E-state index is -0.448. The molecule has 88 valence electrons. The first-order valence-corrected chi connectivity index (χ1v) is 5.48. The SMILES string of the molecule is CCC(Cc1ccc(F)c(Cl)c1)C(=O)OC. The standard InChI is InChI=1S/C12H14ClFO2/c1-3-9(12(15)16-2)6-8-4-5-11(14)10(13)7-8/h4-5,7,9H,3,6H2,1-2H3. The third-order valence-electron chi connectivity index (χ3n) is 2.49. The highest BCUT2D eigenvalue weighted by atomic mass is 35.5. The first-order chi connectivity index (χ1) is 7.58. The van der Waals surface area contributed by atoms with Gasteiger partial charge < -0.3 is 4.74 Å². The van der Waals surface area contributed by atoms with Gasteiger partial charge in [-0.3, -0.25) is 4.79 Å². The van der Waals surface area contributed by atoms with Crippen molar-refractivity contribution in [1.29, 1.82) is 0 Å². The van der Waals surface area contributed by atoms with Crippen molar-refractivity contribution in [2.45, 2.75) is 19.8 Å². The second-order valence-corrected chi connectivity index (χ2v) is 3.99. The Kier molecular flexibility index (Phi) is 4.74. The summed E-state index contributed by atoms with van der Waals surface area (Å²) in [6.45, 7) is 1.91. The van der Waals surface area contributed by atoms with Crippen LogP contribution in [-0.4, -0.2) is 13.1 Å². The summed E-state index contributed by atoms with van der Waals surface area (Å²) in [5.41, 5.74) is 0.837. The van der Waals surface area contributed by atoms with Crippen LogP contribution in [0.15, 0.2) is 18.2 Å². The maximum absolute atomic E-state index is 12.9. The minimum absolute atomic E-state index is 0.0808. The molecule has 16 heavy (non-hydrogen) atoms. The summed E-state index contributed by atoms with van der Waals surface area (Å²) in [5.74, 6) is -0.897. The van der Waals surface area contributed by atoms with Crippen LogP contribution in [-0.2, 0) is 16.0 Å². The van der Waals surface area contributed by atoms with E-state index >= 15 is 0 Å². The second kappa shape index (κ2) is 5.85. The highest BCUT2D eigenvalue weighted by Crippen LogP contribution is 2.20. The molecule has 0 radical (unpaired) electrons. The number of carbonyl (C=O) groups excluding carboxylic acids is 1. The second-order valence-electron chi connectivity index (χ2n) is 3.58. The summed E-state index contributed by atoms with van der Waals surface area (Å²) >= 11 is 5.66. The topological polar surface area (TPSA) is 26.3 Å². The number of esters is 1. The molecule has 0 heterocycles. The fourth-order valence-electron chi connectivity index (χ4n) is 1.51. The average Bonchev–Trinajstić information content (AvgIpc) is 2.29. The molecule has 1 atom stereocenters. The molecule has 2 nitrogen and oxygen atoms in total. The van der Waals surface area contributed by atoms with Crippen LogP contribution >= 0.6 is 11.6 Å². The van der Waals surface area contributed by atoms with E-state index in [0.29, 0.717) is 12.8 Å². The predicted molar refractivity (Wildman–Crippen MR) is 60.9 cm³/mol. The molecule has 0 amide bonds. The molecular formula is C12H14ClFO2. The van der Waals surface area contributed by atoms with Crippen LogP contribution in [0.3, 0.4) is 0 Å².